The Morgan fingerprint density at radius 3 is 2.90 bits per heavy atom. The van der Waals surface area contributed by atoms with Gasteiger partial charge in [0.2, 0.25) is 5.75 Å². The fraction of sp³-hybridized carbons (Fsp3) is 0.714. The van der Waals surface area contributed by atoms with Crippen molar-refractivity contribution >= 4 is 11.6 Å². The van der Waals surface area contributed by atoms with E-state index in [9.17, 15) is 0 Å². The summed E-state index contributed by atoms with van der Waals surface area (Å²) in [6.45, 7) is 4.52. The van der Waals surface area contributed by atoms with E-state index in [0.29, 0.717) is 6.04 Å². The van der Waals surface area contributed by atoms with Gasteiger partial charge in [0.15, 0.2) is 11.6 Å². The summed E-state index contributed by atoms with van der Waals surface area (Å²) in [6, 6.07) is 0.662. The van der Waals surface area contributed by atoms with E-state index in [1.54, 1.807) is 13.4 Å². The number of nitrogens with one attached hydrogen (secondary N) is 1. The van der Waals surface area contributed by atoms with Gasteiger partial charge in [0.05, 0.1) is 7.11 Å². The van der Waals surface area contributed by atoms with Crippen molar-refractivity contribution < 1.29 is 4.74 Å². The molecule has 6 nitrogen and oxygen atoms in total. The van der Waals surface area contributed by atoms with E-state index in [-0.39, 0.29) is 0 Å². The van der Waals surface area contributed by atoms with Crippen LogP contribution in [-0.2, 0) is 0 Å². The summed E-state index contributed by atoms with van der Waals surface area (Å²) >= 11 is 0. The van der Waals surface area contributed by atoms with Crippen LogP contribution in [0.25, 0.3) is 0 Å². The molecular formula is C14H23N5O. The lowest BCUT2D eigenvalue weighted by atomic mass is 10.2. The van der Waals surface area contributed by atoms with E-state index < -0.39 is 0 Å². The number of anilines is 2. The minimum Gasteiger partial charge on any atom is -0.490 e. The minimum atomic E-state index is 0.662. The quantitative estimate of drug-likeness (QED) is 0.896. The van der Waals surface area contributed by atoms with Crippen molar-refractivity contribution in [2.45, 2.75) is 25.3 Å². The molecule has 0 aromatic carbocycles. The van der Waals surface area contributed by atoms with E-state index in [1.807, 2.05) is 7.05 Å². The Hall–Kier alpha value is -1.56. The largest absolute Gasteiger partial charge is 0.490 e. The van der Waals surface area contributed by atoms with Crippen molar-refractivity contribution in [3.8, 4) is 5.75 Å². The number of hydrogen-bond donors (Lipinski definition) is 1. The summed E-state index contributed by atoms with van der Waals surface area (Å²) in [5.41, 5.74) is 0. The first-order valence-electron chi connectivity index (χ1n) is 7.39. The highest BCUT2D eigenvalue weighted by atomic mass is 16.5. The van der Waals surface area contributed by atoms with Crippen LogP contribution in [0.2, 0.25) is 0 Å². The molecule has 110 valence electrons. The summed E-state index contributed by atoms with van der Waals surface area (Å²) in [5.74, 6) is 2.42. The van der Waals surface area contributed by atoms with E-state index in [4.69, 9.17) is 4.74 Å². The molecule has 6 heteroatoms. The SMILES string of the molecule is CNc1ncnc(N2CCCN3CCCC3C2)c1OC. The highest BCUT2D eigenvalue weighted by Gasteiger charge is 2.30. The second-order valence-electron chi connectivity index (χ2n) is 5.46. The van der Waals surface area contributed by atoms with Crippen LogP contribution in [0.3, 0.4) is 0 Å². The van der Waals surface area contributed by atoms with Crippen LogP contribution in [0.5, 0.6) is 5.75 Å². The van der Waals surface area contributed by atoms with Gasteiger partial charge in [-0.25, -0.2) is 9.97 Å². The predicted octanol–water partition coefficient (Wildman–Crippen LogP) is 1.20. The van der Waals surface area contributed by atoms with Gasteiger partial charge >= 0.3 is 0 Å². The Balaban J connectivity index is 1.87. The van der Waals surface area contributed by atoms with Crippen LogP contribution >= 0.6 is 0 Å². The zero-order valence-corrected chi connectivity index (χ0v) is 12.3. The molecule has 3 rings (SSSR count). The average Bonchev–Trinajstić information content (AvgIpc) is 2.83. The number of ether oxygens (including phenoxy) is 1. The minimum absolute atomic E-state index is 0.662. The molecule has 1 N–H and O–H groups in total. The molecule has 0 radical (unpaired) electrons. The lowest BCUT2D eigenvalue weighted by molar-refractivity contribution is 0.273. The zero-order valence-electron chi connectivity index (χ0n) is 12.3. The van der Waals surface area contributed by atoms with E-state index in [0.717, 1.165) is 30.5 Å². The molecule has 2 saturated heterocycles. The van der Waals surface area contributed by atoms with E-state index in [1.165, 1.54) is 32.4 Å². The van der Waals surface area contributed by atoms with Crippen LogP contribution in [0.1, 0.15) is 19.3 Å². The van der Waals surface area contributed by atoms with Gasteiger partial charge in [0.25, 0.3) is 0 Å². The Morgan fingerprint density at radius 2 is 2.10 bits per heavy atom. The number of hydrogen-bond acceptors (Lipinski definition) is 6. The Kier molecular flexibility index (Phi) is 3.91. The summed E-state index contributed by atoms with van der Waals surface area (Å²) in [7, 11) is 3.54. The molecule has 0 spiro atoms. The van der Waals surface area contributed by atoms with Gasteiger partial charge in [-0.3, -0.25) is 4.90 Å². The second kappa shape index (κ2) is 5.83. The van der Waals surface area contributed by atoms with Gasteiger partial charge in [-0.1, -0.05) is 0 Å². The molecule has 0 aliphatic carbocycles. The first-order chi connectivity index (χ1) is 9.83. The molecule has 20 heavy (non-hydrogen) atoms. The van der Waals surface area contributed by atoms with Crippen LogP contribution in [0.15, 0.2) is 6.33 Å². The number of aromatic nitrogens is 2. The highest BCUT2D eigenvalue weighted by molar-refractivity contribution is 5.64. The van der Waals surface area contributed by atoms with Crippen molar-refractivity contribution in [2.75, 3.05) is 50.6 Å². The average molecular weight is 277 g/mol. The summed E-state index contributed by atoms with van der Waals surface area (Å²) in [6.07, 6.45) is 5.41. The van der Waals surface area contributed by atoms with Gasteiger partial charge in [0.1, 0.15) is 6.33 Å². The molecule has 0 saturated carbocycles. The molecule has 0 amide bonds. The second-order valence-corrected chi connectivity index (χ2v) is 5.46. The maximum Gasteiger partial charge on any atom is 0.204 e. The monoisotopic (exact) mass is 277 g/mol. The lowest BCUT2D eigenvalue weighted by Gasteiger charge is -2.27. The van der Waals surface area contributed by atoms with Gasteiger partial charge in [-0.05, 0) is 25.8 Å². The molecule has 1 aromatic heterocycles. The number of methoxy groups -OCH3 is 1. The number of rotatable bonds is 3. The molecular weight excluding hydrogens is 254 g/mol. The molecule has 2 fully saturated rings. The predicted molar refractivity (Wildman–Crippen MR) is 79.6 cm³/mol. The summed E-state index contributed by atoms with van der Waals surface area (Å²) in [5, 5.41) is 3.07. The molecule has 1 unspecified atom stereocenters. The fourth-order valence-electron chi connectivity index (χ4n) is 3.35. The first kappa shape index (κ1) is 13.4. The van der Waals surface area contributed by atoms with Crippen LogP contribution in [0.4, 0.5) is 11.6 Å². The third-order valence-electron chi connectivity index (χ3n) is 4.33. The maximum absolute atomic E-state index is 5.53. The van der Waals surface area contributed by atoms with Crippen LogP contribution in [-0.4, -0.2) is 61.2 Å². The Morgan fingerprint density at radius 1 is 1.25 bits per heavy atom. The van der Waals surface area contributed by atoms with Crippen molar-refractivity contribution in [1.82, 2.24) is 14.9 Å². The smallest absolute Gasteiger partial charge is 0.204 e. The van der Waals surface area contributed by atoms with Crippen LogP contribution in [0, 0.1) is 0 Å². The fourth-order valence-corrected chi connectivity index (χ4v) is 3.35. The lowest BCUT2D eigenvalue weighted by Crippen LogP contribution is -2.37. The topological polar surface area (TPSA) is 53.5 Å². The third-order valence-corrected chi connectivity index (χ3v) is 4.33. The van der Waals surface area contributed by atoms with Crippen molar-refractivity contribution in [3.05, 3.63) is 6.33 Å². The summed E-state index contributed by atoms with van der Waals surface area (Å²) < 4.78 is 5.53. The summed E-state index contributed by atoms with van der Waals surface area (Å²) in [4.78, 5) is 13.7. The van der Waals surface area contributed by atoms with Crippen molar-refractivity contribution in [2.24, 2.45) is 0 Å². The normalized spacial score (nSPS) is 23.3. The van der Waals surface area contributed by atoms with E-state index >= 15 is 0 Å². The van der Waals surface area contributed by atoms with E-state index in [2.05, 4.69) is 25.1 Å². The third kappa shape index (κ3) is 2.40. The van der Waals surface area contributed by atoms with Gasteiger partial charge in [-0.15, -0.1) is 0 Å². The van der Waals surface area contributed by atoms with Crippen molar-refractivity contribution in [1.29, 1.82) is 0 Å². The molecule has 2 aliphatic rings. The standard InChI is InChI=1S/C14H23N5O/c1-15-13-12(20-2)14(17-10-16-13)19-8-4-7-18-6-3-5-11(18)9-19/h10-11H,3-9H2,1-2H3,(H,15,16,17). The van der Waals surface area contributed by atoms with Gasteiger partial charge in [-0.2, -0.15) is 0 Å². The zero-order chi connectivity index (χ0) is 13.9. The molecule has 1 aromatic rings. The molecule has 1 atom stereocenters. The Labute approximate surface area is 120 Å². The highest BCUT2D eigenvalue weighted by Crippen LogP contribution is 2.33. The van der Waals surface area contributed by atoms with Crippen molar-refractivity contribution in [3.63, 3.8) is 0 Å². The molecule has 3 heterocycles. The molecule has 0 bridgehead atoms. The van der Waals surface area contributed by atoms with Gasteiger partial charge in [0, 0.05) is 32.7 Å². The first-order valence-corrected chi connectivity index (χ1v) is 7.39. The van der Waals surface area contributed by atoms with Crippen LogP contribution < -0.4 is 15.0 Å². The maximum atomic E-state index is 5.53. The molecule has 2 aliphatic heterocycles. The number of fused-ring (bicyclic) bond motifs is 1. The van der Waals surface area contributed by atoms with Gasteiger partial charge < -0.3 is 15.0 Å². The number of nitrogens with zero attached hydrogens (tertiary/aromatic N) is 4. The Bertz CT molecular complexity index is 467.